The number of halogens is 2. The zero-order chi connectivity index (χ0) is 22.3. The molecule has 2 aromatic carbocycles. The summed E-state index contributed by atoms with van der Waals surface area (Å²) in [6, 6.07) is 9.66. The van der Waals surface area contributed by atoms with Gasteiger partial charge in [-0.2, -0.15) is 4.98 Å². The van der Waals surface area contributed by atoms with Crippen LogP contribution in [-0.4, -0.2) is 16.0 Å². The van der Waals surface area contributed by atoms with E-state index in [0.717, 1.165) is 17.7 Å². The van der Waals surface area contributed by atoms with Gasteiger partial charge in [0.2, 0.25) is 5.82 Å². The lowest BCUT2D eigenvalue weighted by molar-refractivity contribution is 0.0991. The molecular weight excluding hydrogens is 392 g/mol. The van der Waals surface area contributed by atoms with Crippen LogP contribution in [0, 0.1) is 11.6 Å². The average molecular weight is 417 g/mol. The molecule has 30 heavy (non-hydrogen) atoms. The molecule has 160 valence electrons. The first kappa shape index (κ1) is 23.0. The highest BCUT2D eigenvalue weighted by Crippen LogP contribution is 2.24. The third-order valence-corrected chi connectivity index (χ3v) is 3.96. The Morgan fingerprint density at radius 2 is 1.77 bits per heavy atom. The molecule has 8 heteroatoms. The number of aromatic nitrogens is 2. The third-order valence-electron chi connectivity index (χ3n) is 3.96. The molecule has 0 bridgehead atoms. The minimum absolute atomic E-state index is 0.0993. The minimum Gasteiger partial charge on any atom is -0.481 e. The molecule has 0 fully saturated rings. The second kappa shape index (κ2) is 10.5. The predicted molar refractivity (Wildman–Crippen MR) is 109 cm³/mol. The Balaban J connectivity index is 0.00000101. The van der Waals surface area contributed by atoms with Gasteiger partial charge in [-0.3, -0.25) is 4.79 Å². The molecule has 1 aromatic heterocycles. The maximum Gasteiger partial charge on any atom is 0.264 e. The standard InChI is InChI=1S/C19H17F2N3O3.C3H8/c1-10(2)11-3-5-12(6-4-11)19-23-15(27-24-19)9-26-14-8-7-13(20)16(17(14)21)18(22)25;1-3-2/h3-8,10H,9H2,1-2H3,(H2,22,25);3H2,1-2H3. The number of benzene rings is 2. The molecule has 0 radical (unpaired) electrons. The Morgan fingerprint density at radius 1 is 1.13 bits per heavy atom. The van der Waals surface area contributed by atoms with Crippen molar-refractivity contribution in [1.82, 2.24) is 10.1 Å². The minimum atomic E-state index is -1.22. The fourth-order valence-corrected chi connectivity index (χ4v) is 2.46. The van der Waals surface area contributed by atoms with Crippen LogP contribution in [-0.2, 0) is 6.61 Å². The molecule has 0 spiro atoms. The molecule has 0 unspecified atom stereocenters. The van der Waals surface area contributed by atoms with Crippen molar-refractivity contribution in [1.29, 1.82) is 0 Å². The Morgan fingerprint density at radius 3 is 2.33 bits per heavy atom. The predicted octanol–water partition coefficient (Wildman–Crippen LogP) is 5.23. The first-order chi connectivity index (χ1) is 14.3. The van der Waals surface area contributed by atoms with Crippen LogP contribution in [0.4, 0.5) is 8.78 Å². The monoisotopic (exact) mass is 417 g/mol. The maximum atomic E-state index is 14.1. The molecule has 3 rings (SSSR count). The number of hydrogen-bond acceptors (Lipinski definition) is 5. The quantitative estimate of drug-likeness (QED) is 0.593. The topological polar surface area (TPSA) is 91.2 Å². The Kier molecular flexibility index (Phi) is 8.03. The van der Waals surface area contributed by atoms with Crippen LogP contribution in [0.3, 0.4) is 0 Å². The summed E-state index contributed by atoms with van der Waals surface area (Å²) in [7, 11) is 0. The number of ether oxygens (including phenoxy) is 1. The van der Waals surface area contributed by atoms with Crippen molar-refractivity contribution in [2.45, 2.75) is 46.6 Å². The van der Waals surface area contributed by atoms with Gasteiger partial charge in [-0.25, -0.2) is 8.78 Å². The van der Waals surface area contributed by atoms with E-state index in [2.05, 4.69) is 37.8 Å². The van der Waals surface area contributed by atoms with Gasteiger partial charge in [0.05, 0.1) is 0 Å². The van der Waals surface area contributed by atoms with E-state index in [1.165, 1.54) is 12.0 Å². The summed E-state index contributed by atoms with van der Waals surface area (Å²) < 4.78 is 37.9. The summed E-state index contributed by atoms with van der Waals surface area (Å²) >= 11 is 0. The van der Waals surface area contributed by atoms with Gasteiger partial charge in [-0.15, -0.1) is 0 Å². The second-order valence-electron chi connectivity index (χ2n) is 6.88. The third kappa shape index (κ3) is 5.62. The fourth-order valence-electron chi connectivity index (χ4n) is 2.46. The Hall–Kier alpha value is -3.29. The first-order valence-electron chi connectivity index (χ1n) is 9.61. The lowest BCUT2D eigenvalue weighted by Crippen LogP contribution is -2.16. The summed E-state index contributed by atoms with van der Waals surface area (Å²) in [5.41, 5.74) is 6.06. The van der Waals surface area contributed by atoms with E-state index < -0.39 is 23.1 Å². The number of carbonyl (C=O) groups excluding carboxylic acids is 1. The molecule has 3 aromatic rings. The SMILES string of the molecule is CC(C)c1ccc(-c2noc(COc3ccc(F)c(C(N)=O)c3F)n2)cc1.CCC. The highest BCUT2D eigenvalue weighted by Gasteiger charge is 2.20. The molecule has 2 N–H and O–H groups in total. The van der Waals surface area contributed by atoms with Crippen LogP contribution < -0.4 is 10.5 Å². The number of amides is 1. The lowest BCUT2D eigenvalue weighted by atomic mass is 10.0. The summed E-state index contributed by atoms with van der Waals surface area (Å²) in [5.74, 6) is -2.93. The van der Waals surface area contributed by atoms with E-state index in [4.69, 9.17) is 15.0 Å². The molecule has 0 saturated carbocycles. The van der Waals surface area contributed by atoms with Crippen molar-refractivity contribution in [3.05, 3.63) is 65.1 Å². The van der Waals surface area contributed by atoms with E-state index in [0.29, 0.717) is 11.7 Å². The summed E-state index contributed by atoms with van der Waals surface area (Å²) in [4.78, 5) is 15.3. The summed E-state index contributed by atoms with van der Waals surface area (Å²) in [6.45, 7) is 8.19. The molecule has 0 aliphatic heterocycles. The average Bonchev–Trinajstić information content (AvgIpc) is 3.17. The highest BCUT2D eigenvalue weighted by molar-refractivity contribution is 5.93. The van der Waals surface area contributed by atoms with Crippen LogP contribution >= 0.6 is 0 Å². The van der Waals surface area contributed by atoms with Gasteiger partial charge in [-0.1, -0.05) is 63.5 Å². The number of nitrogens with zero attached hydrogens (tertiary/aromatic N) is 2. The molecule has 1 heterocycles. The second-order valence-corrected chi connectivity index (χ2v) is 6.88. The van der Waals surface area contributed by atoms with Crippen molar-refractivity contribution in [3.8, 4) is 17.1 Å². The maximum absolute atomic E-state index is 14.1. The van der Waals surface area contributed by atoms with Gasteiger partial charge in [-0.05, 0) is 23.6 Å². The van der Waals surface area contributed by atoms with Crippen LogP contribution in [0.5, 0.6) is 5.75 Å². The molecular formula is C22H25F2N3O3. The Labute approximate surface area is 174 Å². The van der Waals surface area contributed by atoms with Crippen LogP contribution in [0.15, 0.2) is 40.9 Å². The van der Waals surface area contributed by atoms with Gasteiger partial charge in [0.15, 0.2) is 18.2 Å². The molecule has 1 amide bonds. The van der Waals surface area contributed by atoms with Crippen LogP contribution in [0.25, 0.3) is 11.4 Å². The Bertz CT molecular complexity index is 986. The summed E-state index contributed by atoms with van der Waals surface area (Å²) in [6.07, 6.45) is 1.25. The molecule has 6 nitrogen and oxygen atoms in total. The number of hydrogen-bond donors (Lipinski definition) is 1. The van der Waals surface area contributed by atoms with Gasteiger partial charge in [0.1, 0.15) is 11.4 Å². The van der Waals surface area contributed by atoms with Crippen molar-refractivity contribution in [2.24, 2.45) is 5.73 Å². The van der Waals surface area contributed by atoms with E-state index >= 15 is 0 Å². The number of rotatable bonds is 6. The van der Waals surface area contributed by atoms with E-state index in [1.807, 2.05) is 24.3 Å². The molecule has 0 saturated heterocycles. The number of carbonyl (C=O) groups is 1. The zero-order valence-electron chi connectivity index (χ0n) is 17.4. The zero-order valence-corrected chi connectivity index (χ0v) is 17.4. The van der Waals surface area contributed by atoms with E-state index in [9.17, 15) is 13.6 Å². The molecule has 0 aliphatic rings. The normalized spacial score (nSPS) is 10.5. The first-order valence-corrected chi connectivity index (χ1v) is 9.61. The lowest BCUT2D eigenvalue weighted by Gasteiger charge is -2.07. The number of nitrogens with two attached hydrogens (primary N) is 1. The van der Waals surface area contributed by atoms with Gasteiger partial charge in [0, 0.05) is 5.56 Å². The van der Waals surface area contributed by atoms with Crippen molar-refractivity contribution >= 4 is 5.91 Å². The van der Waals surface area contributed by atoms with Crippen LogP contribution in [0.1, 0.15) is 61.8 Å². The van der Waals surface area contributed by atoms with Crippen molar-refractivity contribution in [3.63, 3.8) is 0 Å². The van der Waals surface area contributed by atoms with Gasteiger partial charge in [0.25, 0.3) is 11.8 Å². The van der Waals surface area contributed by atoms with Gasteiger partial charge >= 0.3 is 0 Å². The molecule has 0 atom stereocenters. The molecule has 0 aliphatic carbocycles. The van der Waals surface area contributed by atoms with Crippen molar-refractivity contribution in [2.75, 3.05) is 0 Å². The fraction of sp³-hybridized carbons (Fsp3) is 0.318. The van der Waals surface area contributed by atoms with E-state index in [1.54, 1.807) is 0 Å². The highest BCUT2D eigenvalue weighted by atomic mass is 19.1. The number of primary amides is 1. The van der Waals surface area contributed by atoms with Crippen molar-refractivity contribution < 1.29 is 22.8 Å². The van der Waals surface area contributed by atoms with Gasteiger partial charge < -0.3 is 15.0 Å². The smallest absolute Gasteiger partial charge is 0.264 e. The van der Waals surface area contributed by atoms with Crippen LogP contribution in [0.2, 0.25) is 0 Å². The summed E-state index contributed by atoms with van der Waals surface area (Å²) in [5, 5.41) is 3.86. The van der Waals surface area contributed by atoms with E-state index in [-0.39, 0.29) is 18.2 Å². The largest absolute Gasteiger partial charge is 0.481 e.